The fourth-order valence-electron chi connectivity index (χ4n) is 4.47. The van der Waals surface area contributed by atoms with Crippen molar-refractivity contribution in [1.29, 1.82) is 0 Å². The van der Waals surface area contributed by atoms with Crippen LogP contribution in [0.15, 0.2) is 72.3 Å². The van der Waals surface area contributed by atoms with E-state index in [-0.39, 0.29) is 17.1 Å². The minimum absolute atomic E-state index is 0.0316. The topological polar surface area (TPSA) is 99.5 Å². The number of likely N-dealkylation sites (N-methyl/N-ethyl adjacent to an activating group) is 1. The maximum Gasteiger partial charge on any atom is 0.300 e. The first-order chi connectivity index (χ1) is 16.9. The van der Waals surface area contributed by atoms with Crippen molar-refractivity contribution in [1.82, 2.24) is 0 Å². The molecule has 2 N–H and O–H groups in total. The van der Waals surface area contributed by atoms with Crippen molar-refractivity contribution in [3.63, 3.8) is 0 Å². The number of phenols is 1. The van der Waals surface area contributed by atoms with Crippen LogP contribution in [0.5, 0.6) is 17.2 Å². The molecule has 1 amide bonds. The van der Waals surface area contributed by atoms with Crippen molar-refractivity contribution in [3.8, 4) is 17.2 Å². The van der Waals surface area contributed by atoms with Crippen LogP contribution < -0.4 is 19.3 Å². The molecule has 0 aromatic heterocycles. The minimum atomic E-state index is -0.894. The molecule has 0 radical (unpaired) electrons. The van der Waals surface area contributed by atoms with Gasteiger partial charge in [-0.05, 0) is 60.2 Å². The van der Waals surface area contributed by atoms with Crippen molar-refractivity contribution in [2.75, 3.05) is 37.1 Å². The molecule has 0 saturated carbocycles. The summed E-state index contributed by atoms with van der Waals surface area (Å²) in [5.74, 6) is -0.491. The number of carbonyl (C=O) groups excluding carboxylic acids is 2. The van der Waals surface area contributed by atoms with Crippen molar-refractivity contribution in [2.45, 2.75) is 6.04 Å². The molecule has 5 rings (SSSR count). The van der Waals surface area contributed by atoms with Crippen LogP contribution in [0.25, 0.3) is 5.76 Å². The predicted molar refractivity (Wildman–Crippen MR) is 131 cm³/mol. The Labute approximate surface area is 202 Å². The van der Waals surface area contributed by atoms with E-state index in [0.29, 0.717) is 41.5 Å². The molecule has 8 nitrogen and oxygen atoms in total. The number of phenolic OH excluding ortho intramolecular Hbond substituents is 1. The number of fused-ring (bicyclic) bond motifs is 1. The number of ketones is 1. The zero-order valence-corrected chi connectivity index (χ0v) is 19.3. The van der Waals surface area contributed by atoms with E-state index >= 15 is 0 Å². The molecule has 3 aromatic carbocycles. The number of nitrogens with zero attached hydrogens (tertiary/aromatic N) is 2. The zero-order valence-electron chi connectivity index (χ0n) is 19.3. The van der Waals surface area contributed by atoms with Gasteiger partial charge in [0.1, 0.15) is 29.6 Å². The summed E-state index contributed by atoms with van der Waals surface area (Å²) in [4.78, 5) is 29.9. The van der Waals surface area contributed by atoms with E-state index in [1.165, 1.54) is 17.0 Å². The molecular weight excluding hydrogens is 448 g/mol. The first kappa shape index (κ1) is 22.3. The molecule has 1 unspecified atom stereocenters. The van der Waals surface area contributed by atoms with Gasteiger partial charge in [-0.3, -0.25) is 14.5 Å². The minimum Gasteiger partial charge on any atom is -0.508 e. The lowest BCUT2D eigenvalue weighted by atomic mass is 9.94. The number of aliphatic hydroxyl groups excluding tert-OH is 1. The van der Waals surface area contributed by atoms with Gasteiger partial charge < -0.3 is 24.6 Å². The highest BCUT2D eigenvalue weighted by Crippen LogP contribution is 2.43. The molecule has 2 aliphatic heterocycles. The largest absolute Gasteiger partial charge is 0.508 e. The first-order valence-corrected chi connectivity index (χ1v) is 11.1. The van der Waals surface area contributed by atoms with Gasteiger partial charge in [0.15, 0.2) is 0 Å². The SMILES string of the molecule is COc1ccc(N2C(=O)C(=O)/C(=C(\O)c3ccc4c(c3)N(C)CCO4)C2c2ccc(O)cc2)cc1. The molecule has 3 aromatic rings. The number of aliphatic hydroxyl groups is 1. The van der Waals surface area contributed by atoms with Crippen molar-refractivity contribution >= 4 is 28.8 Å². The van der Waals surface area contributed by atoms with Gasteiger partial charge in [-0.15, -0.1) is 0 Å². The van der Waals surface area contributed by atoms with E-state index in [1.54, 1.807) is 61.7 Å². The van der Waals surface area contributed by atoms with Crippen LogP contribution in [0.1, 0.15) is 17.2 Å². The maximum absolute atomic E-state index is 13.3. The standard InChI is InChI=1S/C27H24N2O6/c1-28-13-14-35-22-12-5-17(15-21(22)28)25(31)23-24(16-3-8-19(30)9-4-16)29(27(33)26(23)32)18-6-10-20(34-2)11-7-18/h3-12,15,24,30-31H,13-14H2,1-2H3/b25-23-. The Morgan fingerprint density at radius 1 is 1.03 bits per heavy atom. The molecular formula is C27H24N2O6. The molecule has 178 valence electrons. The molecule has 1 atom stereocenters. The Bertz CT molecular complexity index is 1330. The van der Waals surface area contributed by atoms with Crippen LogP contribution in [-0.4, -0.2) is 49.2 Å². The number of hydrogen-bond donors (Lipinski definition) is 2. The first-order valence-electron chi connectivity index (χ1n) is 11.1. The Balaban J connectivity index is 1.68. The third-order valence-electron chi connectivity index (χ3n) is 6.33. The molecule has 2 aliphatic rings. The number of Topliss-reactive ketones (excluding diaryl/α,β-unsaturated/α-hetero) is 1. The predicted octanol–water partition coefficient (Wildman–Crippen LogP) is 3.86. The number of methoxy groups -OCH3 is 1. The lowest BCUT2D eigenvalue weighted by molar-refractivity contribution is -0.132. The smallest absolute Gasteiger partial charge is 0.300 e. The van der Waals surface area contributed by atoms with Crippen molar-refractivity contribution in [3.05, 3.63) is 83.4 Å². The molecule has 0 spiro atoms. The lowest BCUT2D eigenvalue weighted by Gasteiger charge is -2.28. The van der Waals surface area contributed by atoms with Crippen LogP contribution >= 0.6 is 0 Å². The summed E-state index contributed by atoms with van der Waals surface area (Å²) < 4.78 is 10.9. The molecule has 0 aliphatic carbocycles. The van der Waals surface area contributed by atoms with Gasteiger partial charge in [0, 0.05) is 18.3 Å². The Kier molecular flexibility index (Phi) is 5.56. The quantitative estimate of drug-likeness (QED) is 0.338. The van der Waals surface area contributed by atoms with Crippen molar-refractivity contribution in [2.24, 2.45) is 0 Å². The monoisotopic (exact) mass is 472 g/mol. The molecule has 35 heavy (non-hydrogen) atoms. The Hall–Kier alpha value is -4.46. The third kappa shape index (κ3) is 3.82. The van der Waals surface area contributed by atoms with E-state index in [9.17, 15) is 19.8 Å². The van der Waals surface area contributed by atoms with Gasteiger partial charge in [-0.1, -0.05) is 12.1 Å². The van der Waals surface area contributed by atoms with Gasteiger partial charge in [0.25, 0.3) is 11.7 Å². The molecule has 8 heteroatoms. The normalized spacial score (nSPS) is 18.9. The number of ether oxygens (including phenoxy) is 2. The van der Waals surface area contributed by atoms with Crippen molar-refractivity contribution < 1.29 is 29.3 Å². The highest BCUT2D eigenvalue weighted by Gasteiger charge is 2.47. The van der Waals surface area contributed by atoms with Gasteiger partial charge in [0.2, 0.25) is 0 Å². The summed E-state index contributed by atoms with van der Waals surface area (Å²) in [6.45, 7) is 1.25. The Morgan fingerprint density at radius 2 is 1.74 bits per heavy atom. The third-order valence-corrected chi connectivity index (χ3v) is 6.33. The number of aromatic hydroxyl groups is 1. The average Bonchev–Trinajstić information content (AvgIpc) is 3.14. The van der Waals surface area contributed by atoms with Gasteiger partial charge in [-0.2, -0.15) is 0 Å². The van der Waals surface area contributed by atoms with E-state index in [1.807, 2.05) is 11.9 Å². The lowest BCUT2D eigenvalue weighted by Crippen LogP contribution is -2.29. The zero-order chi connectivity index (χ0) is 24.7. The fourth-order valence-corrected chi connectivity index (χ4v) is 4.47. The summed E-state index contributed by atoms with van der Waals surface area (Å²) in [5.41, 5.74) is 2.20. The summed E-state index contributed by atoms with van der Waals surface area (Å²) >= 11 is 0. The van der Waals surface area contributed by atoms with E-state index in [4.69, 9.17) is 9.47 Å². The second-order valence-electron chi connectivity index (χ2n) is 8.41. The number of carbonyl (C=O) groups is 2. The van der Waals surface area contributed by atoms with Gasteiger partial charge in [0.05, 0.1) is 31.0 Å². The molecule has 2 heterocycles. The number of rotatable bonds is 4. The van der Waals surface area contributed by atoms with Gasteiger partial charge in [-0.25, -0.2) is 0 Å². The van der Waals surface area contributed by atoms with Crippen LogP contribution in [0.3, 0.4) is 0 Å². The number of benzene rings is 3. The molecule has 0 bridgehead atoms. The fraction of sp³-hybridized carbons (Fsp3) is 0.185. The highest BCUT2D eigenvalue weighted by atomic mass is 16.5. The summed E-state index contributed by atoms with van der Waals surface area (Å²) in [7, 11) is 3.46. The second-order valence-corrected chi connectivity index (χ2v) is 8.41. The highest BCUT2D eigenvalue weighted by molar-refractivity contribution is 6.51. The van der Waals surface area contributed by atoms with Crippen LogP contribution in [0.2, 0.25) is 0 Å². The Morgan fingerprint density at radius 3 is 2.43 bits per heavy atom. The average molecular weight is 472 g/mol. The van der Waals surface area contributed by atoms with Gasteiger partial charge >= 0.3 is 0 Å². The molecule has 1 fully saturated rings. The van der Waals surface area contributed by atoms with Crippen LogP contribution in [0, 0.1) is 0 Å². The number of hydrogen-bond acceptors (Lipinski definition) is 7. The van der Waals surface area contributed by atoms with E-state index in [0.717, 1.165) is 5.69 Å². The van der Waals surface area contributed by atoms with Crippen LogP contribution in [0.4, 0.5) is 11.4 Å². The summed E-state index contributed by atoms with van der Waals surface area (Å²) in [6, 6.07) is 17.2. The molecule has 1 saturated heterocycles. The second kappa shape index (κ2) is 8.72. The van der Waals surface area contributed by atoms with E-state index in [2.05, 4.69) is 0 Å². The number of amides is 1. The summed E-state index contributed by atoms with van der Waals surface area (Å²) in [6.07, 6.45) is 0. The summed E-state index contributed by atoms with van der Waals surface area (Å²) in [5, 5.41) is 21.2. The maximum atomic E-state index is 13.3. The van der Waals surface area contributed by atoms with Crippen LogP contribution in [-0.2, 0) is 9.59 Å². The number of anilines is 2. The van der Waals surface area contributed by atoms with E-state index < -0.39 is 17.7 Å².